The molecule has 1 aromatic rings. The molecule has 0 saturated heterocycles. The first-order valence-electron chi connectivity index (χ1n) is 8.05. The van der Waals surface area contributed by atoms with Crippen molar-refractivity contribution >= 4 is 13.8 Å². The van der Waals surface area contributed by atoms with Gasteiger partial charge in [0.15, 0.2) is 0 Å². The molecule has 112 valence electrons. The van der Waals surface area contributed by atoms with Crippen molar-refractivity contribution in [3.05, 3.63) is 29.3 Å². The van der Waals surface area contributed by atoms with Gasteiger partial charge in [0.2, 0.25) is 0 Å². The minimum atomic E-state index is -1.31. The van der Waals surface area contributed by atoms with Crippen LogP contribution in [0.5, 0.6) is 0 Å². The van der Waals surface area contributed by atoms with E-state index in [9.17, 15) is 0 Å². The maximum Gasteiger partial charge on any atom is 0.129 e. The summed E-state index contributed by atoms with van der Waals surface area (Å²) in [5, 5.41) is 0. The van der Waals surface area contributed by atoms with Crippen LogP contribution in [0.2, 0.25) is 19.6 Å². The minimum absolute atomic E-state index is 0.259. The second kappa shape index (κ2) is 4.40. The van der Waals surface area contributed by atoms with Crippen LogP contribution in [0, 0.1) is 11.5 Å². The van der Waals surface area contributed by atoms with E-state index in [1.807, 2.05) is 0 Å². The van der Waals surface area contributed by atoms with Crippen LogP contribution in [-0.2, 0) is 5.41 Å². The smallest absolute Gasteiger partial charge is 0.129 e. The molecule has 0 atom stereocenters. The van der Waals surface area contributed by atoms with E-state index >= 15 is 0 Å². The van der Waals surface area contributed by atoms with Crippen LogP contribution in [0.15, 0.2) is 18.2 Å². The molecule has 21 heavy (non-hydrogen) atoms. The molecular weight excluding hydrogens is 270 g/mol. The van der Waals surface area contributed by atoms with Crippen LogP contribution >= 0.6 is 0 Å². The summed E-state index contributed by atoms with van der Waals surface area (Å²) in [6, 6.07) is 6.85. The number of hydrogen-bond acceptors (Lipinski definition) is 1. The molecule has 1 aliphatic carbocycles. The Bertz CT molecular complexity index is 636. The second-order valence-electron chi connectivity index (χ2n) is 8.58. The largest absolute Gasteiger partial charge is 0.369 e. The molecule has 0 amide bonds. The van der Waals surface area contributed by atoms with Crippen molar-refractivity contribution in [1.82, 2.24) is 0 Å². The highest BCUT2D eigenvalue weighted by atomic mass is 28.3. The number of rotatable bonds is 0. The van der Waals surface area contributed by atoms with E-state index in [1.165, 1.54) is 36.1 Å². The van der Waals surface area contributed by atoms with Gasteiger partial charge >= 0.3 is 0 Å². The predicted octanol–water partition coefficient (Wildman–Crippen LogP) is 4.57. The summed E-state index contributed by atoms with van der Waals surface area (Å²) in [5.74, 6) is 3.42. The zero-order chi connectivity index (χ0) is 15.5. The third-order valence-electron chi connectivity index (χ3n) is 4.98. The lowest BCUT2D eigenvalue weighted by Gasteiger charge is -2.45. The molecular formula is C19H27NSi. The van der Waals surface area contributed by atoms with Gasteiger partial charge in [-0.05, 0) is 48.4 Å². The summed E-state index contributed by atoms with van der Waals surface area (Å²) in [6.45, 7) is 11.7. The highest BCUT2D eigenvalue weighted by Gasteiger charge is 2.53. The van der Waals surface area contributed by atoms with Crippen molar-refractivity contribution in [3.8, 4) is 11.5 Å². The summed E-state index contributed by atoms with van der Waals surface area (Å²) in [5.41, 5.74) is 8.27. The Morgan fingerprint density at radius 3 is 2.38 bits per heavy atom. The fourth-order valence-corrected chi connectivity index (χ4v) is 4.18. The van der Waals surface area contributed by atoms with Crippen molar-refractivity contribution in [1.29, 1.82) is 0 Å². The molecule has 1 heterocycles. The molecule has 1 saturated carbocycles. The van der Waals surface area contributed by atoms with E-state index in [2.05, 4.69) is 75.1 Å². The van der Waals surface area contributed by atoms with Gasteiger partial charge in [0, 0.05) is 23.8 Å². The maximum atomic E-state index is 3.49. The van der Waals surface area contributed by atoms with Crippen molar-refractivity contribution < 1.29 is 0 Å². The molecule has 0 bridgehead atoms. The highest BCUT2D eigenvalue weighted by Crippen LogP contribution is 2.56. The van der Waals surface area contributed by atoms with Gasteiger partial charge in [0.05, 0.1) is 0 Å². The normalized spacial score (nSPS) is 21.5. The fourth-order valence-electron chi connectivity index (χ4n) is 3.66. The Balaban J connectivity index is 2.03. The van der Waals surface area contributed by atoms with E-state index in [-0.39, 0.29) is 5.41 Å². The molecule has 1 aromatic carbocycles. The van der Waals surface area contributed by atoms with Gasteiger partial charge in [-0.15, -0.1) is 5.54 Å². The first-order valence-corrected chi connectivity index (χ1v) is 11.5. The highest BCUT2D eigenvalue weighted by molar-refractivity contribution is 6.83. The van der Waals surface area contributed by atoms with Gasteiger partial charge in [-0.1, -0.05) is 39.4 Å². The molecule has 0 N–H and O–H groups in total. The molecule has 0 aromatic heterocycles. The monoisotopic (exact) mass is 297 g/mol. The maximum absolute atomic E-state index is 3.49. The van der Waals surface area contributed by atoms with Crippen LogP contribution < -0.4 is 4.90 Å². The summed E-state index contributed by atoms with van der Waals surface area (Å²) in [4.78, 5) is 2.53. The lowest BCUT2D eigenvalue weighted by atomic mass is 9.73. The van der Waals surface area contributed by atoms with Crippen LogP contribution in [-0.4, -0.2) is 20.7 Å². The van der Waals surface area contributed by atoms with E-state index in [0.29, 0.717) is 5.54 Å². The Labute approximate surface area is 130 Å². The number of hydrogen-bond donors (Lipinski definition) is 0. The Kier molecular flexibility index (Phi) is 3.08. The molecule has 1 aliphatic heterocycles. The van der Waals surface area contributed by atoms with Crippen molar-refractivity contribution in [2.75, 3.05) is 11.9 Å². The minimum Gasteiger partial charge on any atom is -0.369 e. The molecule has 2 aliphatic rings. The third-order valence-corrected chi connectivity index (χ3v) is 5.85. The number of fused-ring (bicyclic) bond motifs is 1. The van der Waals surface area contributed by atoms with E-state index in [4.69, 9.17) is 0 Å². The van der Waals surface area contributed by atoms with E-state index in [1.54, 1.807) is 0 Å². The van der Waals surface area contributed by atoms with Gasteiger partial charge in [-0.25, -0.2) is 0 Å². The second-order valence-corrected chi connectivity index (χ2v) is 13.3. The quantitative estimate of drug-likeness (QED) is 0.501. The molecule has 1 spiro atoms. The van der Waals surface area contributed by atoms with Gasteiger partial charge in [0.1, 0.15) is 8.07 Å². The summed E-state index contributed by atoms with van der Waals surface area (Å²) >= 11 is 0. The zero-order valence-corrected chi connectivity index (χ0v) is 15.3. The lowest BCUT2D eigenvalue weighted by molar-refractivity contribution is 0.378. The number of nitrogens with zero attached hydrogens (tertiary/aromatic N) is 1. The van der Waals surface area contributed by atoms with Crippen molar-refractivity contribution in [3.63, 3.8) is 0 Å². The van der Waals surface area contributed by atoms with Crippen LogP contribution in [0.4, 0.5) is 5.69 Å². The average Bonchev–Trinajstić information content (AvgIpc) is 3.13. The third kappa shape index (κ3) is 2.64. The molecule has 2 heteroatoms. The summed E-state index contributed by atoms with van der Waals surface area (Å²) < 4.78 is 0. The van der Waals surface area contributed by atoms with Gasteiger partial charge < -0.3 is 4.90 Å². The van der Waals surface area contributed by atoms with Crippen LogP contribution in [0.1, 0.15) is 44.2 Å². The topological polar surface area (TPSA) is 3.24 Å². The van der Waals surface area contributed by atoms with Gasteiger partial charge in [0.25, 0.3) is 0 Å². The van der Waals surface area contributed by atoms with Crippen molar-refractivity contribution in [2.45, 2.75) is 63.7 Å². The Morgan fingerprint density at radius 1 is 1.14 bits per heavy atom. The molecule has 1 nitrogen and oxygen atoms in total. The standard InChI is InChI=1S/C19H27NSi/c1-18(2)14-19(10-11-19)20(3)17-8-7-15(13-16(17)18)9-12-21(4,5)6/h7-8,13H,10-11,14H2,1-6H3. The van der Waals surface area contributed by atoms with E-state index in [0.717, 1.165) is 0 Å². The SMILES string of the molecule is CN1c2ccc(C#C[Si](C)(C)C)cc2C(C)(C)CC12CC2. The predicted molar refractivity (Wildman–Crippen MR) is 94.7 cm³/mol. The van der Waals surface area contributed by atoms with Gasteiger partial charge in [-0.3, -0.25) is 0 Å². The Hall–Kier alpha value is -1.20. The fraction of sp³-hybridized carbons (Fsp3) is 0.579. The molecule has 1 fully saturated rings. The first kappa shape index (κ1) is 14.7. The van der Waals surface area contributed by atoms with E-state index < -0.39 is 8.07 Å². The van der Waals surface area contributed by atoms with Gasteiger partial charge in [-0.2, -0.15) is 0 Å². The molecule has 0 unspecified atom stereocenters. The lowest BCUT2D eigenvalue weighted by Crippen LogP contribution is -2.45. The van der Waals surface area contributed by atoms with Crippen LogP contribution in [0.3, 0.4) is 0 Å². The number of benzene rings is 1. The zero-order valence-electron chi connectivity index (χ0n) is 14.3. The summed E-state index contributed by atoms with van der Waals surface area (Å²) in [7, 11) is 0.963. The number of anilines is 1. The molecule has 0 radical (unpaired) electrons. The first-order chi connectivity index (χ1) is 9.63. The van der Waals surface area contributed by atoms with Crippen molar-refractivity contribution in [2.24, 2.45) is 0 Å². The van der Waals surface area contributed by atoms with Crippen LogP contribution in [0.25, 0.3) is 0 Å². The average molecular weight is 298 g/mol. The summed E-state index contributed by atoms with van der Waals surface area (Å²) in [6.07, 6.45) is 3.97. The molecule has 3 rings (SSSR count). The Morgan fingerprint density at radius 2 is 1.81 bits per heavy atom.